The Bertz CT molecular complexity index is 452. The van der Waals surface area contributed by atoms with Crippen LogP contribution in [0.5, 0.6) is 0 Å². The van der Waals surface area contributed by atoms with Gasteiger partial charge in [0.15, 0.2) is 0 Å². The second-order valence-corrected chi connectivity index (χ2v) is 6.87. The molecule has 0 aromatic rings. The molecule has 0 heterocycles. The maximum atomic E-state index is 8.65. The minimum atomic E-state index is -0.609. The lowest BCUT2D eigenvalue weighted by molar-refractivity contribution is -0.00121. The molecule has 200 valence electrons. The van der Waals surface area contributed by atoms with E-state index in [-0.39, 0.29) is 77.6 Å². The van der Waals surface area contributed by atoms with E-state index in [0.29, 0.717) is 6.61 Å². The lowest BCUT2D eigenvalue weighted by Crippen LogP contribution is -2.28. The molecule has 0 atom stereocenters. The van der Waals surface area contributed by atoms with Gasteiger partial charge in [-0.3, -0.25) is 0 Å². The van der Waals surface area contributed by atoms with Gasteiger partial charge in [-0.2, -0.15) is 0 Å². The highest BCUT2D eigenvalue weighted by Crippen LogP contribution is 2.11. The first-order valence-electron chi connectivity index (χ1n) is 8.68. The summed E-state index contributed by atoms with van der Waals surface area (Å²) in [6.45, 7) is 13.7. The Morgan fingerprint density at radius 1 is 0.500 bits per heavy atom. The largest absolute Gasteiger partial charge is 0.394 e. The molecule has 0 saturated carbocycles. The summed E-state index contributed by atoms with van der Waals surface area (Å²) in [5.74, 6) is 11.5. The Labute approximate surface area is 203 Å². The molecule has 0 spiro atoms. The van der Waals surface area contributed by atoms with Crippen LogP contribution in [0.2, 0.25) is 0 Å². The Balaban J connectivity index is -0.0000000539. The van der Waals surface area contributed by atoms with Crippen molar-refractivity contribution in [3.05, 3.63) is 0 Å². The van der Waals surface area contributed by atoms with Crippen LogP contribution in [0.15, 0.2) is 0 Å². The lowest BCUT2D eigenvalue weighted by atomic mass is 10.1. The second-order valence-electron chi connectivity index (χ2n) is 6.87. The quantitative estimate of drug-likeness (QED) is 0.404. The van der Waals surface area contributed by atoms with Crippen LogP contribution in [-0.4, -0.2) is 71.8 Å². The van der Waals surface area contributed by atoms with Crippen molar-refractivity contribution < 1.29 is 29.5 Å². The summed E-state index contributed by atoms with van der Waals surface area (Å²) in [6, 6.07) is 0. The Kier molecular flexibility index (Phi) is 45.9. The molecule has 3 N–H and O–H groups in total. The van der Waals surface area contributed by atoms with Crippen LogP contribution in [0.4, 0.5) is 0 Å². The number of hydrogen-bond acceptors (Lipinski definition) is 6. The fourth-order valence-electron chi connectivity index (χ4n) is 1.61. The molecule has 0 amide bonds. The number of hydrogen-bond donors (Lipinski definition) is 3. The molecular formula is C26H60O6. The van der Waals surface area contributed by atoms with Crippen LogP contribution >= 0.6 is 0 Å². The van der Waals surface area contributed by atoms with Gasteiger partial charge in [0.25, 0.3) is 0 Å². The molecule has 0 unspecified atom stereocenters. The summed E-state index contributed by atoms with van der Waals surface area (Å²) in [7, 11) is 0. The van der Waals surface area contributed by atoms with Crippen molar-refractivity contribution in [3.8, 4) is 23.7 Å². The van der Waals surface area contributed by atoms with Crippen LogP contribution in [0.3, 0.4) is 0 Å². The Hall–Kier alpha value is -1.12. The molecule has 32 heavy (non-hydrogen) atoms. The van der Waals surface area contributed by atoms with Crippen molar-refractivity contribution in [1.29, 1.82) is 0 Å². The third kappa shape index (κ3) is 36.3. The highest BCUT2D eigenvalue weighted by Gasteiger charge is 2.18. The minimum Gasteiger partial charge on any atom is -0.394 e. The van der Waals surface area contributed by atoms with Crippen LogP contribution < -0.4 is 0 Å². The van der Waals surface area contributed by atoms with E-state index in [1.54, 1.807) is 6.92 Å². The smallest absolute Gasteiger partial charge is 0.123 e. The van der Waals surface area contributed by atoms with Crippen molar-refractivity contribution in [1.82, 2.24) is 0 Å². The normalized spacial score (nSPS) is 9.31. The van der Waals surface area contributed by atoms with Gasteiger partial charge in [-0.25, -0.2) is 0 Å². The van der Waals surface area contributed by atoms with Crippen LogP contribution in [-0.2, 0) is 14.2 Å². The number of aliphatic hydroxyl groups excluding tert-OH is 3. The zero-order valence-electron chi connectivity index (χ0n) is 17.3. The van der Waals surface area contributed by atoms with E-state index in [4.69, 9.17) is 29.5 Å². The Morgan fingerprint density at radius 2 is 0.719 bits per heavy atom. The van der Waals surface area contributed by atoms with Crippen LogP contribution in [0.25, 0.3) is 0 Å². The van der Waals surface area contributed by atoms with Gasteiger partial charge in [0.05, 0.1) is 39.6 Å². The predicted octanol–water partition coefficient (Wildman–Crippen LogP) is 5.18. The number of rotatable bonds is 9. The van der Waals surface area contributed by atoms with Gasteiger partial charge < -0.3 is 29.5 Å². The molecule has 6 heteroatoms. The van der Waals surface area contributed by atoms with Gasteiger partial charge >= 0.3 is 0 Å². The highest BCUT2D eigenvalue weighted by molar-refractivity contribution is 5.18. The summed E-state index contributed by atoms with van der Waals surface area (Å²) in [5, 5.41) is 25.7. The van der Waals surface area contributed by atoms with E-state index < -0.39 is 16.8 Å². The van der Waals surface area contributed by atoms with E-state index in [1.807, 2.05) is 41.5 Å². The third-order valence-electron chi connectivity index (χ3n) is 2.75. The van der Waals surface area contributed by atoms with Crippen molar-refractivity contribution in [2.45, 2.75) is 110 Å². The first-order chi connectivity index (χ1) is 11.9. The van der Waals surface area contributed by atoms with Crippen molar-refractivity contribution in [3.63, 3.8) is 0 Å². The van der Waals surface area contributed by atoms with Crippen LogP contribution in [0, 0.1) is 23.7 Å². The zero-order valence-corrected chi connectivity index (χ0v) is 17.3. The molecule has 0 radical (unpaired) electrons. The number of ether oxygens (including phenoxy) is 3. The molecular weight excluding hydrogens is 408 g/mol. The van der Waals surface area contributed by atoms with Gasteiger partial charge in [-0.05, 0) is 48.5 Å². The molecule has 0 rings (SSSR count). The van der Waals surface area contributed by atoms with Crippen molar-refractivity contribution >= 4 is 0 Å². The molecule has 0 aliphatic rings. The maximum Gasteiger partial charge on any atom is 0.123 e. The molecule has 0 aliphatic heterocycles. The van der Waals surface area contributed by atoms with Gasteiger partial charge in [-0.15, -0.1) is 5.92 Å². The molecule has 0 aliphatic carbocycles. The zero-order chi connectivity index (χ0) is 20.7. The SMILES string of the molecule is C.C.C.C.C.C.CC#CC(C)(C)OCCO.CC(C)(C#CC(C)(C)OCCO)OCCO. The average Bonchev–Trinajstić information content (AvgIpc) is 2.56. The van der Waals surface area contributed by atoms with Crippen LogP contribution in [0.1, 0.15) is 93.0 Å². The average molecular weight is 469 g/mol. The fraction of sp³-hybridized carbons (Fsp3) is 0.846. The van der Waals surface area contributed by atoms with Crippen molar-refractivity contribution in [2.75, 3.05) is 39.6 Å². The standard InChI is InChI=1S/C12H22O4.C8H14O2.6CH4/c1-11(2,15-9-7-13)5-6-12(3,4)16-10-8-14;1-4-5-8(2,3)10-7-6-9;;;;;;/h13-14H,7-10H2,1-4H3;9H,6-7H2,1-3H3;6*1H4. The molecule has 0 fully saturated rings. The summed E-state index contributed by atoms with van der Waals surface area (Å²) in [4.78, 5) is 0. The first-order valence-corrected chi connectivity index (χ1v) is 8.68. The lowest BCUT2D eigenvalue weighted by Gasteiger charge is -2.21. The monoisotopic (exact) mass is 468 g/mol. The van der Waals surface area contributed by atoms with E-state index in [2.05, 4.69) is 23.7 Å². The van der Waals surface area contributed by atoms with E-state index >= 15 is 0 Å². The molecule has 0 saturated heterocycles. The van der Waals surface area contributed by atoms with Gasteiger partial charge in [0.1, 0.15) is 16.8 Å². The number of aliphatic hydroxyl groups is 3. The fourth-order valence-corrected chi connectivity index (χ4v) is 1.61. The highest BCUT2D eigenvalue weighted by atomic mass is 16.5. The van der Waals surface area contributed by atoms with E-state index in [9.17, 15) is 0 Å². The summed E-state index contributed by atoms with van der Waals surface area (Å²) < 4.78 is 15.9. The predicted molar refractivity (Wildman–Crippen MR) is 143 cm³/mol. The van der Waals surface area contributed by atoms with Gasteiger partial charge in [0.2, 0.25) is 0 Å². The molecule has 0 bridgehead atoms. The van der Waals surface area contributed by atoms with E-state index in [0.717, 1.165) is 0 Å². The summed E-state index contributed by atoms with van der Waals surface area (Å²) in [6.07, 6.45) is 0. The topological polar surface area (TPSA) is 88.4 Å². The molecule has 6 nitrogen and oxygen atoms in total. The molecule has 0 aromatic carbocycles. The molecule has 0 aromatic heterocycles. The van der Waals surface area contributed by atoms with E-state index in [1.165, 1.54) is 0 Å². The first kappa shape index (κ1) is 52.7. The minimum absolute atomic E-state index is 0. The summed E-state index contributed by atoms with van der Waals surface area (Å²) in [5.41, 5.74) is -1.64. The third-order valence-corrected chi connectivity index (χ3v) is 2.75. The van der Waals surface area contributed by atoms with Crippen molar-refractivity contribution in [2.24, 2.45) is 0 Å². The maximum absolute atomic E-state index is 8.65. The summed E-state index contributed by atoms with van der Waals surface area (Å²) >= 11 is 0. The van der Waals surface area contributed by atoms with Gasteiger partial charge in [-0.1, -0.05) is 62.3 Å². The Morgan fingerprint density at radius 3 is 0.906 bits per heavy atom. The second kappa shape index (κ2) is 27.9. The van der Waals surface area contributed by atoms with Gasteiger partial charge in [0, 0.05) is 0 Å².